The van der Waals surface area contributed by atoms with E-state index in [0.29, 0.717) is 5.92 Å². The fourth-order valence-electron chi connectivity index (χ4n) is 1.46. The lowest BCUT2D eigenvalue weighted by molar-refractivity contribution is 0.132. The van der Waals surface area contributed by atoms with E-state index in [0.717, 1.165) is 31.3 Å². The third-order valence-electron chi connectivity index (χ3n) is 2.30. The van der Waals surface area contributed by atoms with Crippen LogP contribution in [0, 0.1) is 6.92 Å². The van der Waals surface area contributed by atoms with Crippen LogP contribution in [0.5, 0.6) is 0 Å². The van der Waals surface area contributed by atoms with Crippen LogP contribution in [0.1, 0.15) is 24.6 Å². The number of likely N-dealkylation sites (N-methyl/N-ethyl adjacent to an activating group) is 1. The monoisotopic (exact) mass is 167 g/mol. The van der Waals surface area contributed by atoms with Crippen molar-refractivity contribution < 1.29 is 4.52 Å². The fraction of sp³-hybridized carbons (Fsp3) is 0.750. The lowest BCUT2D eigenvalue weighted by Crippen LogP contribution is -2.44. The van der Waals surface area contributed by atoms with Crippen LogP contribution in [0.2, 0.25) is 0 Å². The van der Waals surface area contributed by atoms with Gasteiger partial charge in [-0.2, -0.15) is 4.98 Å². The van der Waals surface area contributed by atoms with E-state index in [-0.39, 0.29) is 0 Å². The van der Waals surface area contributed by atoms with Gasteiger partial charge >= 0.3 is 0 Å². The SMILES string of the molecule is CCN1CC(c2nc(C)no2)C1. The van der Waals surface area contributed by atoms with E-state index >= 15 is 0 Å². The molecule has 1 aliphatic heterocycles. The number of aryl methyl sites for hydroxylation is 1. The highest BCUT2D eigenvalue weighted by molar-refractivity contribution is 5.01. The van der Waals surface area contributed by atoms with Gasteiger partial charge in [0, 0.05) is 13.1 Å². The molecule has 4 heteroatoms. The summed E-state index contributed by atoms with van der Waals surface area (Å²) >= 11 is 0. The second-order valence-corrected chi connectivity index (χ2v) is 3.23. The van der Waals surface area contributed by atoms with Gasteiger partial charge in [0.15, 0.2) is 5.82 Å². The van der Waals surface area contributed by atoms with Crippen LogP contribution in [0.4, 0.5) is 0 Å². The molecule has 2 heterocycles. The zero-order valence-corrected chi connectivity index (χ0v) is 7.45. The van der Waals surface area contributed by atoms with E-state index in [1.54, 1.807) is 0 Å². The van der Waals surface area contributed by atoms with E-state index < -0.39 is 0 Å². The molecule has 0 aromatic carbocycles. The van der Waals surface area contributed by atoms with E-state index in [1.807, 2.05) is 6.92 Å². The minimum absolute atomic E-state index is 0.478. The largest absolute Gasteiger partial charge is 0.339 e. The second-order valence-electron chi connectivity index (χ2n) is 3.23. The summed E-state index contributed by atoms with van der Waals surface area (Å²) in [6.45, 7) is 7.26. The highest BCUT2D eigenvalue weighted by atomic mass is 16.5. The van der Waals surface area contributed by atoms with Crippen molar-refractivity contribution in [3.8, 4) is 0 Å². The van der Waals surface area contributed by atoms with E-state index in [4.69, 9.17) is 4.52 Å². The van der Waals surface area contributed by atoms with Crippen LogP contribution in [0.3, 0.4) is 0 Å². The Balaban J connectivity index is 1.96. The normalized spacial score (nSPS) is 19.5. The van der Waals surface area contributed by atoms with Crippen LogP contribution in [0.15, 0.2) is 4.52 Å². The predicted octanol–water partition coefficient (Wildman–Crippen LogP) is 0.797. The number of nitrogens with zero attached hydrogens (tertiary/aromatic N) is 3. The van der Waals surface area contributed by atoms with Crippen molar-refractivity contribution in [3.63, 3.8) is 0 Å². The van der Waals surface area contributed by atoms with Crippen molar-refractivity contribution >= 4 is 0 Å². The van der Waals surface area contributed by atoms with Crippen LogP contribution < -0.4 is 0 Å². The Hall–Kier alpha value is -0.900. The van der Waals surface area contributed by atoms with Gasteiger partial charge in [0.05, 0.1) is 5.92 Å². The predicted molar refractivity (Wildman–Crippen MR) is 43.9 cm³/mol. The maximum Gasteiger partial charge on any atom is 0.232 e. The Morgan fingerprint density at radius 1 is 1.58 bits per heavy atom. The number of rotatable bonds is 2. The molecule has 12 heavy (non-hydrogen) atoms. The molecule has 0 bridgehead atoms. The van der Waals surface area contributed by atoms with Gasteiger partial charge < -0.3 is 9.42 Å². The molecule has 0 unspecified atom stereocenters. The first kappa shape index (κ1) is 7.73. The molecule has 0 radical (unpaired) electrons. The molecular weight excluding hydrogens is 154 g/mol. The van der Waals surface area contributed by atoms with Crippen molar-refractivity contribution in [2.75, 3.05) is 19.6 Å². The van der Waals surface area contributed by atoms with Crippen molar-refractivity contribution in [3.05, 3.63) is 11.7 Å². The van der Waals surface area contributed by atoms with Gasteiger partial charge in [0.25, 0.3) is 0 Å². The van der Waals surface area contributed by atoms with E-state index in [2.05, 4.69) is 22.0 Å². The molecule has 1 saturated heterocycles. The molecule has 1 aromatic rings. The Morgan fingerprint density at radius 2 is 2.33 bits per heavy atom. The van der Waals surface area contributed by atoms with Crippen LogP contribution in [-0.4, -0.2) is 34.7 Å². The summed E-state index contributed by atoms with van der Waals surface area (Å²) in [4.78, 5) is 6.55. The standard InChI is InChI=1S/C8H13N3O/c1-3-11-4-7(5-11)8-9-6(2)10-12-8/h7H,3-5H2,1-2H3. The molecule has 66 valence electrons. The van der Waals surface area contributed by atoms with Crippen LogP contribution >= 0.6 is 0 Å². The lowest BCUT2D eigenvalue weighted by Gasteiger charge is -2.35. The Morgan fingerprint density at radius 3 is 2.83 bits per heavy atom. The molecule has 2 rings (SSSR count). The Bertz CT molecular complexity index is 265. The molecule has 0 N–H and O–H groups in total. The molecule has 0 aliphatic carbocycles. The minimum atomic E-state index is 0.478. The zero-order chi connectivity index (χ0) is 8.55. The van der Waals surface area contributed by atoms with Gasteiger partial charge in [-0.25, -0.2) is 0 Å². The third kappa shape index (κ3) is 1.22. The molecule has 4 nitrogen and oxygen atoms in total. The lowest BCUT2D eigenvalue weighted by atomic mass is 10.0. The first-order valence-corrected chi connectivity index (χ1v) is 4.32. The van der Waals surface area contributed by atoms with Gasteiger partial charge in [-0.3, -0.25) is 0 Å². The van der Waals surface area contributed by atoms with Crippen LogP contribution in [-0.2, 0) is 0 Å². The average Bonchev–Trinajstić information content (AvgIpc) is 2.34. The zero-order valence-electron chi connectivity index (χ0n) is 7.45. The fourth-order valence-corrected chi connectivity index (χ4v) is 1.46. The maximum atomic E-state index is 5.07. The van der Waals surface area contributed by atoms with Gasteiger partial charge in [0.1, 0.15) is 0 Å². The van der Waals surface area contributed by atoms with Gasteiger partial charge in [0.2, 0.25) is 5.89 Å². The van der Waals surface area contributed by atoms with Crippen LogP contribution in [0.25, 0.3) is 0 Å². The average molecular weight is 167 g/mol. The smallest absolute Gasteiger partial charge is 0.232 e. The van der Waals surface area contributed by atoms with E-state index in [1.165, 1.54) is 0 Å². The maximum absolute atomic E-state index is 5.07. The Labute approximate surface area is 71.6 Å². The third-order valence-corrected chi connectivity index (χ3v) is 2.30. The molecule has 1 fully saturated rings. The molecule has 0 spiro atoms. The van der Waals surface area contributed by atoms with Gasteiger partial charge in [-0.15, -0.1) is 0 Å². The summed E-state index contributed by atoms with van der Waals surface area (Å²) in [5, 5.41) is 3.77. The Kier molecular flexibility index (Phi) is 1.84. The number of hydrogen-bond acceptors (Lipinski definition) is 4. The summed E-state index contributed by atoms with van der Waals surface area (Å²) in [6, 6.07) is 0. The second kappa shape index (κ2) is 2.86. The first-order chi connectivity index (χ1) is 5.79. The quantitative estimate of drug-likeness (QED) is 0.653. The van der Waals surface area contributed by atoms with Crippen molar-refractivity contribution in [1.29, 1.82) is 0 Å². The van der Waals surface area contributed by atoms with Gasteiger partial charge in [-0.05, 0) is 13.5 Å². The molecule has 0 amide bonds. The van der Waals surface area contributed by atoms with E-state index in [9.17, 15) is 0 Å². The summed E-state index contributed by atoms with van der Waals surface area (Å²) in [5.41, 5.74) is 0. The summed E-state index contributed by atoms with van der Waals surface area (Å²) in [6.07, 6.45) is 0. The minimum Gasteiger partial charge on any atom is -0.339 e. The topological polar surface area (TPSA) is 42.2 Å². The molecule has 1 aliphatic rings. The van der Waals surface area contributed by atoms with Crippen molar-refractivity contribution in [2.24, 2.45) is 0 Å². The number of likely N-dealkylation sites (tertiary alicyclic amines) is 1. The molecule has 0 atom stereocenters. The summed E-state index contributed by atoms with van der Waals surface area (Å²) in [5.74, 6) is 2.02. The summed E-state index contributed by atoms with van der Waals surface area (Å²) in [7, 11) is 0. The van der Waals surface area contributed by atoms with Crippen molar-refractivity contribution in [2.45, 2.75) is 19.8 Å². The highest BCUT2D eigenvalue weighted by Gasteiger charge is 2.30. The van der Waals surface area contributed by atoms with Gasteiger partial charge in [-0.1, -0.05) is 12.1 Å². The highest BCUT2D eigenvalue weighted by Crippen LogP contribution is 2.24. The number of aromatic nitrogens is 2. The first-order valence-electron chi connectivity index (χ1n) is 4.32. The molecular formula is C8H13N3O. The number of hydrogen-bond donors (Lipinski definition) is 0. The summed E-state index contributed by atoms with van der Waals surface area (Å²) < 4.78 is 5.07. The molecule has 1 aromatic heterocycles. The van der Waals surface area contributed by atoms with Crippen molar-refractivity contribution in [1.82, 2.24) is 15.0 Å². The molecule has 0 saturated carbocycles.